The molecule has 1 aromatic heterocycles. The zero-order valence-electron chi connectivity index (χ0n) is 15.1. The number of aromatic nitrogens is 1. The van der Waals surface area contributed by atoms with Gasteiger partial charge in [-0.3, -0.25) is 0 Å². The molecule has 1 aliphatic heterocycles. The highest BCUT2D eigenvalue weighted by atomic mass is 32.2. The maximum atomic E-state index is 13.2. The molecule has 1 aliphatic rings. The van der Waals surface area contributed by atoms with Gasteiger partial charge in [0.05, 0.1) is 15.5 Å². The van der Waals surface area contributed by atoms with E-state index in [0.29, 0.717) is 10.4 Å². The van der Waals surface area contributed by atoms with E-state index >= 15 is 0 Å². The number of pyridine rings is 1. The number of ether oxygens (including phenoxy) is 1. The van der Waals surface area contributed by atoms with Gasteiger partial charge in [-0.25, -0.2) is 16.8 Å². The lowest BCUT2D eigenvalue weighted by Crippen LogP contribution is -2.31. The molecule has 1 atom stereocenters. The second kappa shape index (κ2) is 7.16. The molecule has 0 radical (unpaired) electrons. The van der Waals surface area contributed by atoms with Crippen LogP contribution in [0.3, 0.4) is 0 Å². The molecule has 0 spiro atoms. The van der Waals surface area contributed by atoms with Gasteiger partial charge in [0.15, 0.2) is 32.5 Å². The maximum Gasteiger partial charge on any atom is 0.230 e. The number of hydrogen-bond donors (Lipinski definition) is 0. The van der Waals surface area contributed by atoms with Gasteiger partial charge in [0.2, 0.25) is 5.69 Å². The van der Waals surface area contributed by atoms with Crippen molar-refractivity contribution >= 4 is 19.7 Å². The highest BCUT2D eigenvalue weighted by molar-refractivity contribution is 7.96. The highest BCUT2D eigenvalue weighted by Gasteiger charge is 2.45. The van der Waals surface area contributed by atoms with Crippen molar-refractivity contribution in [2.24, 2.45) is 0 Å². The number of hydrogen-bond acceptors (Lipinski definition) is 6. The third-order valence-electron chi connectivity index (χ3n) is 4.78. The molecule has 0 N–H and O–H groups in total. The predicted octanol–water partition coefficient (Wildman–Crippen LogP) is 2.20. The van der Waals surface area contributed by atoms with Crippen molar-refractivity contribution in [1.82, 2.24) is 0 Å². The zero-order chi connectivity index (χ0) is 20.6. The average Bonchev–Trinajstić information content (AvgIpc) is 3.00. The summed E-state index contributed by atoms with van der Waals surface area (Å²) in [6, 6.07) is 17.0. The van der Waals surface area contributed by atoms with Gasteiger partial charge in [0.1, 0.15) is 11.0 Å². The first kappa shape index (κ1) is 19.4. The maximum absolute atomic E-state index is 13.2. The molecule has 150 valence electrons. The van der Waals surface area contributed by atoms with Crippen LogP contribution in [-0.4, -0.2) is 22.6 Å². The third kappa shape index (κ3) is 3.47. The molecule has 9 heteroatoms. The minimum absolute atomic E-state index is 0.0447. The van der Waals surface area contributed by atoms with E-state index in [1.807, 2.05) is 0 Å². The molecule has 0 aliphatic carbocycles. The van der Waals surface area contributed by atoms with E-state index in [1.165, 1.54) is 36.5 Å². The smallest absolute Gasteiger partial charge is 0.230 e. The molecule has 0 bridgehead atoms. The van der Waals surface area contributed by atoms with Crippen LogP contribution in [-0.2, 0) is 26.3 Å². The summed E-state index contributed by atoms with van der Waals surface area (Å²) in [5.41, 5.74) is 0.429. The average molecular weight is 431 g/mol. The predicted molar refractivity (Wildman–Crippen MR) is 105 cm³/mol. The summed E-state index contributed by atoms with van der Waals surface area (Å²) in [7, 11) is -7.75. The van der Waals surface area contributed by atoms with Crippen molar-refractivity contribution in [2.75, 3.05) is 5.75 Å². The molecule has 2 aromatic carbocycles. The van der Waals surface area contributed by atoms with E-state index < -0.39 is 30.7 Å². The van der Waals surface area contributed by atoms with Crippen molar-refractivity contribution in [2.45, 2.75) is 21.6 Å². The molecule has 1 unspecified atom stereocenters. The van der Waals surface area contributed by atoms with Gasteiger partial charge >= 0.3 is 0 Å². The van der Waals surface area contributed by atoms with Gasteiger partial charge in [-0.1, -0.05) is 24.3 Å². The van der Waals surface area contributed by atoms with Crippen LogP contribution in [0.4, 0.5) is 0 Å². The van der Waals surface area contributed by atoms with Crippen LogP contribution in [0.25, 0.3) is 0 Å². The molecule has 7 nitrogen and oxygen atoms in total. The normalized spacial score (nSPS) is 17.6. The van der Waals surface area contributed by atoms with Crippen LogP contribution in [0.5, 0.6) is 5.75 Å². The summed E-state index contributed by atoms with van der Waals surface area (Å²) in [5.74, 6) is -0.413. The molecule has 0 fully saturated rings. The lowest BCUT2D eigenvalue weighted by molar-refractivity contribution is -0.616. The Labute approximate surface area is 168 Å². The van der Waals surface area contributed by atoms with E-state index in [2.05, 4.69) is 0 Å². The van der Waals surface area contributed by atoms with Crippen molar-refractivity contribution in [3.8, 4) is 5.75 Å². The molecule has 0 saturated heterocycles. The van der Waals surface area contributed by atoms with Crippen molar-refractivity contribution in [3.05, 3.63) is 89.4 Å². The lowest BCUT2D eigenvalue weighted by atomic mass is 10.1. The fourth-order valence-electron chi connectivity index (χ4n) is 3.36. The molecule has 4 rings (SSSR count). The first-order valence-corrected chi connectivity index (χ1v) is 11.9. The number of sulfone groups is 2. The van der Waals surface area contributed by atoms with Gasteiger partial charge in [-0.2, -0.15) is 4.73 Å². The highest BCUT2D eigenvalue weighted by Crippen LogP contribution is 2.45. The molecule has 0 amide bonds. The van der Waals surface area contributed by atoms with E-state index in [9.17, 15) is 22.0 Å². The topological polar surface area (TPSA) is 104 Å². The van der Waals surface area contributed by atoms with E-state index in [1.54, 1.807) is 36.4 Å². The lowest BCUT2D eigenvalue weighted by Gasteiger charge is -2.16. The summed E-state index contributed by atoms with van der Waals surface area (Å²) in [6.07, 6.45) is 1.32. The number of nitrogens with zero attached hydrogens (tertiary/aromatic N) is 1. The number of fused-ring (bicyclic) bond motifs is 1. The molecular weight excluding hydrogens is 414 g/mol. The number of benzene rings is 2. The summed E-state index contributed by atoms with van der Waals surface area (Å²) < 4.78 is 58.0. The van der Waals surface area contributed by atoms with Gasteiger partial charge in [0.25, 0.3) is 0 Å². The molecule has 3 aromatic rings. The Morgan fingerprint density at radius 1 is 1.00 bits per heavy atom. The molecule has 0 saturated carbocycles. The Bertz CT molecular complexity index is 1270. The van der Waals surface area contributed by atoms with E-state index in [-0.39, 0.29) is 27.7 Å². The molecular formula is C20H17NO6S2. The Morgan fingerprint density at radius 3 is 2.45 bits per heavy atom. The monoisotopic (exact) mass is 431 g/mol. The van der Waals surface area contributed by atoms with Crippen LogP contribution < -0.4 is 9.47 Å². The quantitative estimate of drug-likeness (QED) is 0.453. The summed E-state index contributed by atoms with van der Waals surface area (Å²) in [5, 5.41) is 10.5. The van der Waals surface area contributed by atoms with Crippen molar-refractivity contribution in [1.29, 1.82) is 0 Å². The van der Waals surface area contributed by atoms with Crippen LogP contribution in [0.1, 0.15) is 16.5 Å². The first-order valence-electron chi connectivity index (χ1n) is 8.75. The SMILES string of the molecule is O=S1(=O)CC(S(=O)(=O)c2ccccc2)c2c(OCc3cccc[n+]3[O-])cccc21. The van der Waals surface area contributed by atoms with Gasteiger partial charge < -0.3 is 9.94 Å². The summed E-state index contributed by atoms with van der Waals surface area (Å²) in [6.45, 7) is -0.126. The van der Waals surface area contributed by atoms with E-state index in [4.69, 9.17) is 4.74 Å². The summed E-state index contributed by atoms with van der Waals surface area (Å²) in [4.78, 5) is -0.00844. The second-order valence-electron chi connectivity index (χ2n) is 6.60. The largest absolute Gasteiger partial charge is 0.618 e. The Morgan fingerprint density at radius 2 is 1.72 bits per heavy atom. The zero-order valence-corrected chi connectivity index (χ0v) is 16.8. The first-order chi connectivity index (χ1) is 13.8. The van der Waals surface area contributed by atoms with Crippen LogP contribution in [0, 0.1) is 5.21 Å². The van der Waals surface area contributed by atoms with Gasteiger partial charge in [0, 0.05) is 17.7 Å². The van der Waals surface area contributed by atoms with Gasteiger partial charge in [-0.05, 0) is 30.3 Å². The van der Waals surface area contributed by atoms with Crippen LogP contribution >= 0.6 is 0 Å². The fourth-order valence-corrected chi connectivity index (χ4v) is 7.71. The Kier molecular flexibility index (Phi) is 4.79. The van der Waals surface area contributed by atoms with Crippen molar-refractivity contribution in [3.63, 3.8) is 0 Å². The Balaban J connectivity index is 1.78. The van der Waals surface area contributed by atoms with Crippen molar-refractivity contribution < 1.29 is 26.3 Å². The Hall–Kier alpha value is -2.91. The molecule has 2 heterocycles. The fraction of sp³-hybridized carbons (Fsp3) is 0.150. The second-order valence-corrected chi connectivity index (χ2v) is 10.7. The van der Waals surface area contributed by atoms with Gasteiger partial charge in [-0.15, -0.1) is 0 Å². The standard InChI is InChI=1S/C20H17NO6S2/c22-21-12-5-4-7-15(21)13-27-17-10-6-11-18-20(17)19(14-28(18,23)24)29(25,26)16-8-2-1-3-9-16/h1-12,19H,13-14H2. The van der Waals surface area contributed by atoms with Crippen LogP contribution in [0.15, 0.2) is 82.7 Å². The minimum Gasteiger partial charge on any atom is -0.618 e. The third-order valence-corrected chi connectivity index (χ3v) is 8.87. The molecule has 29 heavy (non-hydrogen) atoms. The van der Waals surface area contributed by atoms with Crippen LogP contribution in [0.2, 0.25) is 0 Å². The minimum atomic E-state index is -3.96. The van der Waals surface area contributed by atoms with E-state index in [0.717, 1.165) is 0 Å². The summed E-state index contributed by atoms with van der Waals surface area (Å²) >= 11 is 0. The number of rotatable bonds is 5.